The maximum atomic E-state index is 13.7. The van der Waals surface area contributed by atoms with Crippen LogP contribution in [0.15, 0.2) is 18.2 Å². The summed E-state index contributed by atoms with van der Waals surface area (Å²) < 4.78 is 13.7. The number of anilines is 1. The zero-order chi connectivity index (χ0) is 15.4. The minimum absolute atomic E-state index is 0.264. The van der Waals surface area contributed by atoms with Gasteiger partial charge in [-0.2, -0.15) is 0 Å². The number of hydrogen-bond donors (Lipinski definition) is 3. The van der Waals surface area contributed by atoms with Gasteiger partial charge in [0.15, 0.2) is 0 Å². The third-order valence-corrected chi connectivity index (χ3v) is 3.84. The van der Waals surface area contributed by atoms with Crippen molar-refractivity contribution in [2.75, 3.05) is 11.9 Å². The Hall–Kier alpha value is -2.11. The minimum Gasteiger partial charge on any atom is -0.478 e. The minimum atomic E-state index is -1.28. The van der Waals surface area contributed by atoms with Crippen LogP contribution in [-0.2, 0) is 0 Å². The lowest BCUT2D eigenvalue weighted by molar-refractivity contribution is 0.0697. The molecule has 2 atom stereocenters. The van der Waals surface area contributed by atoms with Gasteiger partial charge in [0, 0.05) is 6.54 Å². The van der Waals surface area contributed by atoms with Gasteiger partial charge in [-0.3, -0.25) is 0 Å². The van der Waals surface area contributed by atoms with E-state index in [0.717, 1.165) is 25.3 Å². The standard InChI is InChI=1S/C15H19FN2O3/c1-9-5-6-10(7-9)8-17-15(21)18-13-11(14(19)20)3-2-4-12(13)16/h2-4,9-10H,5-8H2,1H3,(H,19,20)(H2,17,18,21). The first kappa shape index (κ1) is 15.3. The molecule has 1 aliphatic rings. The van der Waals surface area contributed by atoms with Gasteiger partial charge in [-0.25, -0.2) is 14.0 Å². The Kier molecular flexibility index (Phi) is 4.77. The van der Waals surface area contributed by atoms with Crippen molar-refractivity contribution in [1.82, 2.24) is 5.32 Å². The molecule has 2 unspecified atom stereocenters. The van der Waals surface area contributed by atoms with Crippen molar-refractivity contribution in [2.24, 2.45) is 11.8 Å². The number of urea groups is 1. The fourth-order valence-corrected chi connectivity index (χ4v) is 2.73. The number of aromatic carboxylic acids is 1. The van der Waals surface area contributed by atoms with Gasteiger partial charge in [0.25, 0.3) is 0 Å². The van der Waals surface area contributed by atoms with Gasteiger partial charge in [-0.1, -0.05) is 19.4 Å². The smallest absolute Gasteiger partial charge is 0.337 e. The highest BCUT2D eigenvalue weighted by atomic mass is 19.1. The average Bonchev–Trinajstić information content (AvgIpc) is 2.84. The highest BCUT2D eigenvalue weighted by Gasteiger charge is 2.22. The van der Waals surface area contributed by atoms with Gasteiger partial charge in [0.05, 0.1) is 11.3 Å². The number of halogens is 1. The molecule has 0 heterocycles. The van der Waals surface area contributed by atoms with Gasteiger partial charge in [-0.15, -0.1) is 0 Å². The SMILES string of the molecule is CC1CCC(CNC(=O)Nc2c(F)cccc2C(=O)O)C1. The lowest BCUT2D eigenvalue weighted by atomic mass is 10.1. The van der Waals surface area contributed by atoms with E-state index in [1.165, 1.54) is 12.1 Å². The third-order valence-electron chi connectivity index (χ3n) is 3.84. The lowest BCUT2D eigenvalue weighted by Crippen LogP contribution is -2.33. The van der Waals surface area contributed by atoms with Crippen LogP contribution < -0.4 is 10.6 Å². The second-order valence-corrected chi connectivity index (χ2v) is 5.59. The van der Waals surface area contributed by atoms with Crippen molar-refractivity contribution < 1.29 is 19.1 Å². The molecule has 0 aromatic heterocycles. The van der Waals surface area contributed by atoms with Crippen LogP contribution in [0.2, 0.25) is 0 Å². The van der Waals surface area contributed by atoms with Crippen LogP contribution in [0, 0.1) is 17.7 Å². The van der Waals surface area contributed by atoms with Crippen LogP contribution in [0.4, 0.5) is 14.9 Å². The normalized spacial score (nSPS) is 21.0. The molecule has 0 aliphatic heterocycles. The molecule has 114 valence electrons. The van der Waals surface area contributed by atoms with E-state index in [2.05, 4.69) is 17.6 Å². The van der Waals surface area contributed by atoms with Crippen LogP contribution in [-0.4, -0.2) is 23.7 Å². The van der Waals surface area contributed by atoms with Crippen LogP contribution >= 0.6 is 0 Å². The topological polar surface area (TPSA) is 78.4 Å². The van der Waals surface area contributed by atoms with E-state index in [-0.39, 0.29) is 11.3 Å². The average molecular weight is 294 g/mol. The first-order valence-corrected chi connectivity index (χ1v) is 7.04. The number of para-hydroxylation sites is 1. The number of carboxylic acid groups (broad SMARTS) is 1. The Bertz CT molecular complexity index is 548. The van der Waals surface area contributed by atoms with Crippen LogP contribution in [0.3, 0.4) is 0 Å². The lowest BCUT2D eigenvalue weighted by Gasteiger charge is -2.13. The van der Waals surface area contributed by atoms with Crippen molar-refractivity contribution in [3.05, 3.63) is 29.6 Å². The number of carbonyl (C=O) groups excluding carboxylic acids is 1. The fraction of sp³-hybridized carbons (Fsp3) is 0.467. The van der Waals surface area contributed by atoms with Gasteiger partial charge in [-0.05, 0) is 36.8 Å². The summed E-state index contributed by atoms with van der Waals surface area (Å²) in [6, 6.07) is 3.07. The first-order valence-electron chi connectivity index (χ1n) is 7.04. The highest BCUT2D eigenvalue weighted by Crippen LogP contribution is 2.29. The Morgan fingerprint density at radius 1 is 1.38 bits per heavy atom. The summed E-state index contributed by atoms with van der Waals surface area (Å²) in [6.45, 7) is 2.70. The summed E-state index contributed by atoms with van der Waals surface area (Å²) in [5, 5.41) is 14.0. The summed E-state index contributed by atoms with van der Waals surface area (Å²) >= 11 is 0. The summed E-state index contributed by atoms with van der Waals surface area (Å²) in [4.78, 5) is 22.8. The van der Waals surface area contributed by atoms with Crippen molar-refractivity contribution in [3.63, 3.8) is 0 Å². The second kappa shape index (κ2) is 6.56. The summed E-state index contributed by atoms with van der Waals surface area (Å²) in [6.07, 6.45) is 3.30. The monoisotopic (exact) mass is 294 g/mol. The molecule has 0 spiro atoms. The molecule has 1 saturated carbocycles. The molecule has 3 N–H and O–H groups in total. The number of carbonyl (C=O) groups is 2. The number of nitrogens with one attached hydrogen (secondary N) is 2. The predicted molar refractivity (Wildman–Crippen MR) is 76.9 cm³/mol. The number of rotatable bonds is 4. The van der Waals surface area contributed by atoms with Gasteiger partial charge in [0.1, 0.15) is 5.82 Å². The Morgan fingerprint density at radius 3 is 2.76 bits per heavy atom. The molecule has 1 aromatic carbocycles. The van der Waals surface area contributed by atoms with Gasteiger partial charge in [0.2, 0.25) is 0 Å². The van der Waals surface area contributed by atoms with E-state index in [1.54, 1.807) is 0 Å². The van der Waals surface area contributed by atoms with E-state index < -0.39 is 17.8 Å². The molecular formula is C15H19FN2O3. The maximum absolute atomic E-state index is 13.7. The third kappa shape index (κ3) is 3.93. The molecule has 1 aromatic rings. The molecule has 0 radical (unpaired) electrons. The van der Waals surface area contributed by atoms with Crippen molar-refractivity contribution in [2.45, 2.75) is 26.2 Å². The Morgan fingerprint density at radius 2 is 2.14 bits per heavy atom. The highest BCUT2D eigenvalue weighted by molar-refractivity contribution is 6.00. The molecular weight excluding hydrogens is 275 g/mol. The van der Waals surface area contributed by atoms with Gasteiger partial charge < -0.3 is 15.7 Å². The molecule has 1 aliphatic carbocycles. The number of benzene rings is 1. The summed E-state index contributed by atoms with van der Waals surface area (Å²) in [5.74, 6) is -0.940. The van der Waals surface area contributed by atoms with Crippen LogP contribution in [0.5, 0.6) is 0 Å². The molecule has 6 heteroatoms. The molecule has 21 heavy (non-hydrogen) atoms. The Balaban J connectivity index is 1.95. The quantitative estimate of drug-likeness (QED) is 0.798. The fourth-order valence-electron chi connectivity index (χ4n) is 2.73. The van der Waals surface area contributed by atoms with E-state index in [1.807, 2.05) is 0 Å². The largest absolute Gasteiger partial charge is 0.478 e. The van der Waals surface area contributed by atoms with E-state index >= 15 is 0 Å². The molecule has 5 nitrogen and oxygen atoms in total. The predicted octanol–water partition coefficient (Wildman–Crippen LogP) is 3.08. The molecule has 2 amide bonds. The number of amides is 2. The van der Waals surface area contributed by atoms with Crippen molar-refractivity contribution in [1.29, 1.82) is 0 Å². The van der Waals surface area contributed by atoms with E-state index in [9.17, 15) is 14.0 Å². The number of carboxylic acids is 1. The van der Waals surface area contributed by atoms with E-state index in [0.29, 0.717) is 18.4 Å². The molecule has 1 fully saturated rings. The Labute approximate surface area is 122 Å². The van der Waals surface area contributed by atoms with Crippen LogP contribution in [0.1, 0.15) is 36.5 Å². The summed E-state index contributed by atoms with van der Waals surface area (Å²) in [5.41, 5.74) is -0.568. The molecule has 0 saturated heterocycles. The first-order chi connectivity index (χ1) is 9.97. The second-order valence-electron chi connectivity index (χ2n) is 5.59. The molecule has 2 rings (SSSR count). The van der Waals surface area contributed by atoms with Gasteiger partial charge >= 0.3 is 12.0 Å². The number of hydrogen-bond acceptors (Lipinski definition) is 2. The zero-order valence-corrected chi connectivity index (χ0v) is 11.9. The zero-order valence-electron chi connectivity index (χ0n) is 11.9. The summed E-state index contributed by atoms with van der Waals surface area (Å²) in [7, 11) is 0. The van der Waals surface area contributed by atoms with Crippen LogP contribution in [0.25, 0.3) is 0 Å². The van der Waals surface area contributed by atoms with Crippen molar-refractivity contribution >= 4 is 17.7 Å². The molecule has 0 bridgehead atoms. The van der Waals surface area contributed by atoms with Crippen molar-refractivity contribution in [3.8, 4) is 0 Å². The van der Waals surface area contributed by atoms with E-state index in [4.69, 9.17) is 5.11 Å². The maximum Gasteiger partial charge on any atom is 0.337 e.